The number of halogens is 3. The minimum Gasteiger partial charge on any atom is -0.350 e. The lowest BCUT2D eigenvalue weighted by Crippen LogP contribution is -2.61. The van der Waals surface area contributed by atoms with E-state index in [0.717, 1.165) is 31.4 Å². The van der Waals surface area contributed by atoms with Crippen LogP contribution in [0.2, 0.25) is 0 Å². The molecule has 0 aromatic heterocycles. The molecule has 5 nitrogen and oxygen atoms in total. The molecule has 1 aliphatic heterocycles. The van der Waals surface area contributed by atoms with Crippen LogP contribution in [0.3, 0.4) is 0 Å². The summed E-state index contributed by atoms with van der Waals surface area (Å²) in [5.74, 6) is 1.48. The highest BCUT2D eigenvalue weighted by atomic mass is 32.2. The highest BCUT2D eigenvalue weighted by Crippen LogP contribution is 2.55. The van der Waals surface area contributed by atoms with Gasteiger partial charge in [0.25, 0.3) is 0 Å². The summed E-state index contributed by atoms with van der Waals surface area (Å²) in [5.41, 5.74) is -1.14. The molecule has 1 atom stereocenters. The number of nitrogens with zero attached hydrogens (tertiary/aromatic N) is 1. The zero-order valence-corrected chi connectivity index (χ0v) is 18.7. The lowest BCUT2D eigenvalue weighted by atomic mass is 9.53. The van der Waals surface area contributed by atoms with E-state index in [9.17, 15) is 26.4 Å². The predicted molar refractivity (Wildman–Crippen MR) is 112 cm³/mol. The summed E-state index contributed by atoms with van der Waals surface area (Å²) < 4.78 is 66.5. The summed E-state index contributed by atoms with van der Waals surface area (Å²) in [6.45, 7) is 0.219. The number of amides is 1. The number of hydrogen-bond acceptors (Lipinski definition) is 3. The Morgan fingerprint density at radius 1 is 1.06 bits per heavy atom. The molecule has 9 heteroatoms. The van der Waals surface area contributed by atoms with Gasteiger partial charge in [-0.25, -0.2) is 8.42 Å². The maximum absolute atomic E-state index is 13.2. The normalized spacial score (nSPS) is 35.1. The van der Waals surface area contributed by atoms with Crippen molar-refractivity contribution in [3.8, 4) is 0 Å². The molecular formula is C23H29F3N2O3S. The van der Waals surface area contributed by atoms with Crippen molar-refractivity contribution in [2.45, 2.75) is 68.0 Å². The molecule has 0 unspecified atom stereocenters. The Bertz CT molecular complexity index is 973. The van der Waals surface area contributed by atoms with Crippen molar-refractivity contribution in [2.24, 2.45) is 23.7 Å². The van der Waals surface area contributed by atoms with Gasteiger partial charge < -0.3 is 5.32 Å². The van der Waals surface area contributed by atoms with Gasteiger partial charge in [0.2, 0.25) is 15.9 Å². The average Bonchev–Trinajstić information content (AvgIpc) is 2.72. The van der Waals surface area contributed by atoms with Crippen LogP contribution in [0.25, 0.3) is 0 Å². The fraction of sp³-hybridized carbons (Fsp3) is 0.696. The molecule has 4 bridgehead atoms. The minimum atomic E-state index is -4.62. The van der Waals surface area contributed by atoms with E-state index in [1.54, 1.807) is 0 Å². The third-order valence-electron chi connectivity index (χ3n) is 7.98. The molecule has 1 aromatic carbocycles. The average molecular weight is 471 g/mol. The van der Waals surface area contributed by atoms with Crippen LogP contribution in [0.15, 0.2) is 29.2 Å². The summed E-state index contributed by atoms with van der Waals surface area (Å²) in [6.07, 6.45) is 3.33. The zero-order chi connectivity index (χ0) is 22.7. The van der Waals surface area contributed by atoms with E-state index in [0.29, 0.717) is 36.7 Å². The van der Waals surface area contributed by atoms with Gasteiger partial charge in [-0.15, -0.1) is 0 Å². The molecule has 4 aliphatic carbocycles. The summed E-state index contributed by atoms with van der Waals surface area (Å²) >= 11 is 0. The molecule has 0 spiro atoms. The standard InChI is InChI=1S/C23H29F3N2O3S/c24-23(25,26)19-4-1-5-20(10-19)32(30,31)28-6-2-3-18(14-28)21(29)27-22-11-15-7-16(12-22)9-17(8-15)13-22/h1,4-5,10,15-18H,2-3,6-9,11-14H2,(H,27,29)/t15?,16?,17?,18-,22?/m1/s1. The van der Waals surface area contributed by atoms with E-state index in [-0.39, 0.29) is 29.4 Å². The number of nitrogens with one attached hydrogen (secondary N) is 1. The third kappa shape index (κ3) is 4.06. The summed E-state index contributed by atoms with van der Waals surface area (Å²) in [5, 5.41) is 3.33. The van der Waals surface area contributed by atoms with Crippen LogP contribution in [0.5, 0.6) is 0 Å². The van der Waals surface area contributed by atoms with Gasteiger partial charge in [-0.1, -0.05) is 6.07 Å². The molecule has 0 radical (unpaired) electrons. The van der Waals surface area contributed by atoms with Crippen molar-refractivity contribution in [2.75, 3.05) is 13.1 Å². The molecule has 1 amide bonds. The van der Waals surface area contributed by atoms with Crippen molar-refractivity contribution >= 4 is 15.9 Å². The number of sulfonamides is 1. The van der Waals surface area contributed by atoms with Gasteiger partial charge in [0.1, 0.15) is 0 Å². The Labute approximate surface area is 186 Å². The van der Waals surface area contributed by atoms with Crippen LogP contribution < -0.4 is 5.32 Å². The van der Waals surface area contributed by atoms with Gasteiger partial charge in [0.05, 0.1) is 16.4 Å². The lowest BCUT2D eigenvalue weighted by molar-refractivity contribution is -0.137. The van der Waals surface area contributed by atoms with E-state index in [1.165, 1.54) is 29.6 Å². The largest absolute Gasteiger partial charge is 0.416 e. The number of carbonyl (C=O) groups is 1. The van der Waals surface area contributed by atoms with E-state index in [1.807, 2.05) is 0 Å². The van der Waals surface area contributed by atoms with Gasteiger partial charge in [0, 0.05) is 18.6 Å². The van der Waals surface area contributed by atoms with Crippen molar-refractivity contribution in [1.82, 2.24) is 9.62 Å². The summed E-state index contributed by atoms with van der Waals surface area (Å²) in [4.78, 5) is 12.8. The van der Waals surface area contributed by atoms with E-state index < -0.39 is 27.7 Å². The SMILES string of the molecule is O=C(NC12CC3CC(CC(C3)C1)C2)[C@@H]1CCCN(S(=O)(=O)c2cccc(C(F)(F)F)c2)C1. The fourth-order valence-electron chi connectivity index (χ4n) is 6.98. The molecule has 176 valence electrons. The molecule has 1 N–H and O–H groups in total. The Morgan fingerprint density at radius 2 is 1.69 bits per heavy atom. The van der Waals surface area contributed by atoms with Crippen LogP contribution >= 0.6 is 0 Å². The molecule has 6 rings (SSSR count). The Hall–Kier alpha value is -1.61. The van der Waals surface area contributed by atoms with Gasteiger partial charge >= 0.3 is 6.18 Å². The molecule has 1 heterocycles. The van der Waals surface area contributed by atoms with Gasteiger partial charge in [0.15, 0.2) is 0 Å². The second kappa shape index (κ2) is 7.72. The molecular weight excluding hydrogens is 441 g/mol. The predicted octanol–water partition coefficient (Wildman–Crippen LogP) is 4.19. The first-order chi connectivity index (χ1) is 15.0. The van der Waals surface area contributed by atoms with Crippen molar-refractivity contribution in [3.05, 3.63) is 29.8 Å². The van der Waals surface area contributed by atoms with Crippen molar-refractivity contribution in [3.63, 3.8) is 0 Å². The molecule has 4 saturated carbocycles. The van der Waals surface area contributed by atoms with Crippen molar-refractivity contribution in [1.29, 1.82) is 0 Å². The topological polar surface area (TPSA) is 66.5 Å². The highest BCUT2D eigenvalue weighted by molar-refractivity contribution is 7.89. The molecule has 5 aliphatic rings. The second-order valence-corrected chi connectivity index (χ2v) is 12.4. The van der Waals surface area contributed by atoms with E-state index in [4.69, 9.17) is 0 Å². The Balaban J connectivity index is 1.30. The number of benzene rings is 1. The minimum absolute atomic E-state index is 0.0107. The number of carbonyl (C=O) groups excluding carboxylic acids is 1. The van der Waals surface area contributed by atoms with Gasteiger partial charge in [-0.3, -0.25) is 4.79 Å². The molecule has 1 aromatic rings. The van der Waals surface area contributed by atoms with Crippen LogP contribution in [0.1, 0.15) is 56.9 Å². The quantitative estimate of drug-likeness (QED) is 0.718. The maximum atomic E-state index is 13.2. The summed E-state index contributed by atoms with van der Waals surface area (Å²) in [6, 6.07) is 3.83. The van der Waals surface area contributed by atoms with Gasteiger partial charge in [-0.2, -0.15) is 17.5 Å². The number of alkyl halides is 3. The maximum Gasteiger partial charge on any atom is 0.416 e. The Morgan fingerprint density at radius 3 is 2.28 bits per heavy atom. The third-order valence-corrected chi connectivity index (χ3v) is 9.84. The zero-order valence-electron chi connectivity index (χ0n) is 17.9. The first kappa shape index (κ1) is 22.2. The number of piperidine rings is 1. The van der Waals surface area contributed by atoms with Crippen molar-refractivity contribution < 1.29 is 26.4 Å². The van der Waals surface area contributed by atoms with E-state index >= 15 is 0 Å². The second-order valence-electron chi connectivity index (χ2n) is 10.4. The van der Waals surface area contributed by atoms with E-state index in [2.05, 4.69) is 5.32 Å². The van der Waals surface area contributed by atoms with Gasteiger partial charge in [-0.05, 0) is 87.3 Å². The smallest absolute Gasteiger partial charge is 0.350 e. The molecule has 32 heavy (non-hydrogen) atoms. The van der Waals surface area contributed by atoms with Crippen LogP contribution in [-0.4, -0.2) is 37.3 Å². The highest BCUT2D eigenvalue weighted by Gasteiger charge is 2.52. The fourth-order valence-corrected chi connectivity index (χ4v) is 8.55. The van der Waals surface area contributed by atoms with Crippen LogP contribution in [0.4, 0.5) is 13.2 Å². The van der Waals surface area contributed by atoms with Crippen LogP contribution in [0, 0.1) is 23.7 Å². The van der Waals surface area contributed by atoms with Crippen LogP contribution in [-0.2, 0) is 21.0 Å². The first-order valence-electron chi connectivity index (χ1n) is 11.5. The molecule has 1 saturated heterocycles. The Kier molecular flexibility index (Phi) is 5.36. The first-order valence-corrected chi connectivity index (χ1v) is 13.0. The molecule has 5 fully saturated rings. The monoisotopic (exact) mass is 470 g/mol. The number of rotatable bonds is 4. The number of hydrogen-bond donors (Lipinski definition) is 1. The lowest BCUT2D eigenvalue weighted by Gasteiger charge is -2.57. The summed E-state index contributed by atoms with van der Waals surface area (Å²) in [7, 11) is -4.11.